The van der Waals surface area contributed by atoms with Crippen LogP contribution in [0.4, 0.5) is 0 Å². The Hall–Kier alpha value is -3.51. The van der Waals surface area contributed by atoms with Gasteiger partial charge >= 0.3 is 0 Å². The highest BCUT2D eigenvalue weighted by atomic mass is 15.1. The Balaban J connectivity index is 1.49. The lowest BCUT2D eigenvalue weighted by Gasteiger charge is -2.24. The van der Waals surface area contributed by atoms with E-state index in [0.717, 1.165) is 52.2 Å². The zero-order valence-corrected chi connectivity index (χ0v) is 17.4. The molecule has 0 bridgehead atoms. The van der Waals surface area contributed by atoms with Crippen molar-refractivity contribution in [2.24, 2.45) is 0 Å². The van der Waals surface area contributed by atoms with Crippen LogP contribution in [-0.4, -0.2) is 38.2 Å². The molecular weight excluding hydrogens is 384 g/mol. The van der Waals surface area contributed by atoms with Gasteiger partial charge in [0.05, 0.1) is 16.9 Å². The minimum Gasteiger partial charge on any atom is -0.353 e. The molecule has 0 spiro atoms. The van der Waals surface area contributed by atoms with Gasteiger partial charge in [-0.2, -0.15) is 5.10 Å². The van der Waals surface area contributed by atoms with E-state index in [1.165, 1.54) is 29.4 Å². The van der Waals surface area contributed by atoms with Crippen LogP contribution in [0.3, 0.4) is 0 Å². The van der Waals surface area contributed by atoms with Crippen molar-refractivity contribution in [1.82, 2.24) is 30.5 Å². The number of hydrogen-bond donors (Lipinski definition) is 3. The third kappa shape index (κ3) is 3.11. The van der Waals surface area contributed by atoms with E-state index in [4.69, 9.17) is 0 Å². The van der Waals surface area contributed by atoms with Crippen LogP contribution in [0.2, 0.25) is 0 Å². The molecule has 4 aromatic heterocycles. The molecule has 0 amide bonds. The Morgan fingerprint density at radius 1 is 0.935 bits per heavy atom. The molecule has 1 fully saturated rings. The average molecular weight is 409 g/mol. The summed E-state index contributed by atoms with van der Waals surface area (Å²) in [5, 5.41) is 13.6. The minimum atomic E-state index is 0.609. The normalized spacial score (nSPS) is 15.1. The fourth-order valence-corrected chi connectivity index (χ4v) is 4.88. The van der Waals surface area contributed by atoms with Crippen LogP contribution in [0.25, 0.3) is 44.5 Å². The van der Waals surface area contributed by atoms with Crippen LogP contribution in [0.1, 0.15) is 29.9 Å². The first kappa shape index (κ1) is 18.3. The maximum absolute atomic E-state index is 4.69. The van der Waals surface area contributed by atoms with Crippen LogP contribution in [-0.2, 0) is 0 Å². The molecule has 31 heavy (non-hydrogen) atoms. The van der Waals surface area contributed by atoms with Crippen molar-refractivity contribution in [1.29, 1.82) is 0 Å². The highest BCUT2D eigenvalue weighted by molar-refractivity contribution is 6.00. The van der Waals surface area contributed by atoms with Crippen LogP contribution in [0, 0.1) is 6.92 Å². The van der Waals surface area contributed by atoms with Crippen molar-refractivity contribution in [3.8, 4) is 22.6 Å². The Morgan fingerprint density at radius 2 is 1.81 bits per heavy atom. The Kier molecular flexibility index (Phi) is 4.32. The Morgan fingerprint density at radius 3 is 2.65 bits per heavy atom. The Labute approximate surface area is 180 Å². The van der Waals surface area contributed by atoms with E-state index >= 15 is 0 Å². The van der Waals surface area contributed by atoms with E-state index in [-0.39, 0.29) is 0 Å². The number of H-pyrrole nitrogens is 2. The number of nitrogens with zero attached hydrogens (tertiary/aromatic N) is 3. The Bertz CT molecular complexity index is 1380. The highest BCUT2D eigenvalue weighted by Crippen LogP contribution is 2.36. The third-order valence-electron chi connectivity index (χ3n) is 6.47. The zero-order chi connectivity index (χ0) is 20.8. The SMILES string of the molecule is Cc1cc2[nH]nc(-c3cc4c(-c5cccnc5)nccc4[nH]3)c2cc1C1CCNCC1. The summed E-state index contributed by atoms with van der Waals surface area (Å²) in [5.41, 5.74) is 8.81. The van der Waals surface area contributed by atoms with Gasteiger partial charge in [-0.1, -0.05) is 0 Å². The minimum absolute atomic E-state index is 0.609. The van der Waals surface area contributed by atoms with Gasteiger partial charge in [0.15, 0.2) is 0 Å². The number of fused-ring (bicyclic) bond motifs is 2. The van der Waals surface area contributed by atoms with Crippen LogP contribution >= 0.6 is 0 Å². The van der Waals surface area contributed by atoms with Gasteiger partial charge in [0.25, 0.3) is 0 Å². The molecule has 0 atom stereocenters. The van der Waals surface area contributed by atoms with Crippen molar-refractivity contribution in [2.75, 3.05) is 13.1 Å². The molecule has 5 heterocycles. The van der Waals surface area contributed by atoms with Crippen molar-refractivity contribution < 1.29 is 0 Å². The van der Waals surface area contributed by atoms with Gasteiger partial charge in [0.1, 0.15) is 5.69 Å². The lowest BCUT2D eigenvalue weighted by Crippen LogP contribution is -2.26. The van der Waals surface area contributed by atoms with Gasteiger partial charge in [-0.3, -0.25) is 15.1 Å². The number of nitrogens with one attached hydrogen (secondary N) is 3. The van der Waals surface area contributed by atoms with Gasteiger partial charge in [-0.05, 0) is 86.3 Å². The molecule has 6 rings (SSSR count). The summed E-state index contributed by atoms with van der Waals surface area (Å²) in [4.78, 5) is 12.4. The molecule has 6 heteroatoms. The average Bonchev–Trinajstić information content (AvgIpc) is 3.43. The molecule has 5 aromatic rings. The standard InChI is InChI=1S/C25H24N6/c1-15-11-22-19(12-18(15)16-4-8-26-9-5-16)25(31-30-22)23-13-20-21(29-23)6-10-28-24(20)17-3-2-7-27-14-17/h2-3,6-7,10-14,16,26,29H,4-5,8-9H2,1H3,(H,30,31). The maximum Gasteiger partial charge on any atom is 0.116 e. The number of rotatable bonds is 3. The summed E-state index contributed by atoms with van der Waals surface area (Å²) >= 11 is 0. The summed E-state index contributed by atoms with van der Waals surface area (Å²) in [6.07, 6.45) is 7.85. The molecule has 154 valence electrons. The number of hydrogen-bond acceptors (Lipinski definition) is 4. The summed E-state index contributed by atoms with van der Waals surface area (Å²) in [6, 6.07) is 12.7. The molecule has 0 aliphatic carbocycles. The first-order valence-corrected chi connectivity index (χ1v) is 10.9. The first-order valence-electron chi connectivity index (χ1n) is 10.9. The third-order valence-corrected chi connectivity index (χ3v) is 6.47. The fraction of sp³-hybridized carbons (Fsp3) is 0.240. The van der Waals surface area contributed by atoms with Crippen molar-refractivity contribution in [3.05, 3.63) is 66.1 Å². The number of aromatic nitrogens is 5. The molecule has 0 unspecified atom stereocenters. The number of aryl methyl sites for hydroxylation is 1. The van der Waals surface area contributed by atoms with Crippen LogP contribution < -0.4 is 5.32 Å². The van der Waals surface area contributed by atoms with Gasteiger partial charge in [0, 0.05) is 40.4 Å². The summed E-state index contributed by atoms with van der Waals surface area (Å²) < 4.78 is 0. The topological polar surface area (TPSA) is 82.3 Å². The molecule has 0 radical (unpaired) electrons. The second kappa shape index (κ2) is 7.32. The van der Waals surface area contributed by atoms with E-state index < -0.39 is 0 Å². The number of benzene rings is 1. The van der Waals surface area contributed by atoms with Crippen molar-refractivity contribution in [3.63, 3.8) is 0 Å². The molecule has 3 N–H and O–H groups in total. The first-order chi connectivity index (χ1) is 15.3. The molecule has 1 aromatic carbocycles. The van der Waals surface area contributed by atoms with E-state index in [1.54, 1.807) is 6.20 Å². The monoisotopic (exact) mass is 408 g/mol. The lowest BCUT2D eigenvalue weighted by molar-refractivity contribution is 0.459. The summed E-state index contributed by atoms with van der Waals surface area (Å²) in [5.74, 6) is 0.609. The van der Waals surface area contributed by atoms with Gasteiger partial charge in [-0.25, -0.2) is 0 Å². The van der Waals surface area contributed by atoms with Gasteiger partial charge in [-0.15, -0.1) is 0 Å². The van der Waals surface area contributed by atoms with E-state index in [0.29, 0.717) is 5.92 Å². The second-order valence-corrected chi connectivity index (χ2v) is 8.40. The maximum atomic E-state index is 4.69. The molecule has 1 saturated heterocycles. The highest BCUT2D eigenvalue weighted by Gasteiger charge is 2.20. The van der Waals surface area contributed by atoms with E-state index in [1.807, 2.05) is 30.6 Å². The van der Waals surface area contributed by atoms with Crippen LogP contribution in [0.15, 0.2) is 55.0 Å². The smallest absolute Gasteiger partial charge is 0.116 e. The fourth-order valence-electron chi connectivity index (χ4n) is 4.88. The predicted molar refractivity (Wildman–Crippen MR) is 124 cm³/mol. The van der Waals surface area contributed by atoms with Crippen molar-refractivity contribution in [2.45, 2.75) is 25.7 Å². The van der Waals surface area contributed by atoms with Gasteiger partial charge in [0.2, 0.25) is 0 Å². The van der Waals surface area contributed by atoms with E-state index in [2.05, 4.69) is 55.6 Å². The molecule has 1 aliphatic rings. The number of pyridine rings is 2. The predicted octanol–water partition coefficient (Wildman–Crippen LogP) is 4.94. The van der Waals surface area contributed by atoms with Crippen LogP contribution in [0.5, 0.6) is 0 Å². The lowest BCUT2D eigenvalue weighted by atomic mass is 9.86. The molecule has 6 nitrogen and oxygen atoms in total. The van der Waals surface area contributed by atoms with Crippen molar-refractivity contribution >= 4 is 21.8 Å². The molecule has 1 aliphatic heterocycles. The quantitative estimate of drug-likeness (QED) is 0.395. The zero-order valence-electron chi connectivity index (χ0n) is 17.4. The molecule has 0 saturated carbocycles. The second-order valence-electron chi connectivity index (χ2n) is 8.40. The number of piperidine rings is 1. The summed E-state index contributed by atoms with van der Waals surface area (Å²) in [6.45, 7) is 4.39. The van der Waals surface area contributed by atoms with E-state index in [9.17, 15) is 0 Å². The molecular formula is C25H24N6. The number of aromatic amines is 2. The largest absolute Gasteiger partial charge is 0.353 e. The summed E-state index contributed by atoms with van der Waals surface area (Å²) in [7, 11) is 0. The van der Waals surface area contributed by atoms with Gasteiger partial charge < -0.3 is 10.3 Å².